The number of nitrogens with one attached hydrogen (secondary N) is 1. The van der Waals surface area contributed by atoms with Crippen LogP contribution in [0.25, 0.3) is 0 Å². The fourth-order valence-electron chi connectivity index (χ4n) is 1.69. The van der Waals surface area contributed by atoms with Crippen LogP contribution in [-0.2, 0) is 9.59 Å². The fraction of sp³-hybridized carbons (Fsp3) is 0.429. The molecule has 1 aromatic rings. The number of carbonyl (C=O) groups excluding carboxylic acids is 2. The van der Waals surface area contributed by atoms with Gasteiger partial charge in [-0.25, -0.2) is 0 Å². The number of hydrogen-bond donors (Lipinski definition) is 3. The van der Waals surface area contributed by atoms with Crippen LogP contribution in [0.15, 0.2) is 24.3 Å². The van der Waals surface area contributed by atoms with Gasteiger partial charge in [-0.1, -0.05) is 0 Å². The van der Waals surface area contributed by atoms with E-state index in [-0.39, 0.29) is 26.3 Å². The normalized spacial score (nSPS) is 10.0. The first kappa shape index (κ1) is 16.9. The SMILES string of the molecule is CCOc1ccc(NC(=O)C(=O)N(CCO)CCO)cc1. The van der Waals surface area contributed by atoms with Gasteiger partial charge >= 0.3 is 11.8 Å². The molecule has 3 N–H and O–H groups in total. The number of amides is 2. The van der Waals surface area contributed by atoms with Crippen LogP contribution in [0.5, 0.6) is 5.75 Å². The summed E-state index contributed by atoms with van der Waals surface area (Å²) in [6.07, 6.45) is 0. The number of rotatable bonds is 7. The molecule has 116 valence electrons. The molecule has 0 aliphatic carbocycles. The van der Waals surface area contributed by atoms with Gasteiger partial charge in [0.05, 0.1) is 19.8 Å². The smallest absolute Gasteiger partial charge is 0.313 e. The zero-order chi connectivity index (χ0) is 15.7. The van der Waals surface area contributed by atoms with Crippen molar-refractivity contribution in [3.63, 3.8) is 0 Å². The number of nitrogens with zero attached hydrogens (tertiary/aromatic N) is 1. The third-order valence-electron chi connectivity index (χ3n) is 2.64. The minimum Gasteiger partial charge on any atom is -0.494 e. The lowest BCUT2D eigenvalue weighted by Crippen LogP contribution is -2.42. The first-order chi connectivity index (χ1) is 10.1. The molecule has 0 heterocycles. The fourth-order valence-corrected chi connectivity index (χ4v) is 1.69. The second-order valence-corrected chi connectivity index (χ2v) is 4.15. The summed E-state index contributed by atoms with van der Waals surface area (Å²) < 4.78 is 5.27. The Bertz CT molecular complexity index is 455. The predicted octanol–water partition coefficient (Wildman–Crippen LogP) is -0.163. The van der Waals surface area contributed by atoms with Gasteiger partial charge in [0, 0.05) is 18.8 Å². The Morgan fingerprint density at radius 2 is 1.71 bits per heavy atom. The lowest BCUT2D eigenvalue weighted by atomic mass is 10.3. The van der Waals surface area contributed by atoms with E-state index in [0.29, 0.717) is 18.0 Å². The first-order valence-electron chi connectivity index (χ1n) is 6.67. The van der Waals surface area contributed by atoms with Crippen molar-refractivity contribution in [2.75, 3.05) is 38.2 Å². The topological polar surface area (TPSA) is 99.1 Å². The Morgan fingerprint density at radius 3 is 2.19 bits per heavy atom. The third kappa shape index (κ3) is 5.41. The molecule has 0 aliphatic rings. The van der Waals surface area contributed by atoms with Crippen molar-refractivity contribution in [3.8, 4) is 5.75 Å². The Morgan fingerprint density at radius 1 is 1.14 bits per heavy atom. The van der Waals surface area contributed by atoms with Gasteiger partial charge in [0.2, 0.25) is 0 Å². The van der Waals surface area contributed by atoms with Gasteiger partial charge in [-0.05, 0) is 31.2 Å². The van der Waals surface area contributed by atoms with Crippen molar-refractivity contribution >= 4 is 17.5 Å². The number of aliphatic hydroxyl groups is 2. The molecule has 7 nitrogen and oxygen atoms in total. The Labute approximate surface area is 123 Å². The van der Waals surface area contributed by atoms with Crippen LogP contribution in [0.4, 0.5) is 5.69 Å². The van der Waals surface area contributed by atoms with Crippen molar-refractivity contribution in [1.82, 2.24) is 4.90 Å². The van der Waals surface area contributed by atoms with Gasteiger partial charge in [0.25, 0.3) is 0 Å². The molecule has 21 heavy (non-hydrogen) atoms. The molecule has 0 saturated heterocycles. The van der Waals surface area contributed by atoms with Crippen LogP contribution in [0.2, 0.25) is 0 Å². The summed E-state index contributed by atoms with van der Waals surface area (Å²) >= 11 is 0. The van der Waals surface area contributed by atoms with Crippen molar-refractivity contribution < 1.29 is 24.5 Å². The number of aliphatic hydroxyl groups excluding tert-OH is 2. The van der Waals surface area contributed by atoms with Gasteiger partial charge in [0.1, 0.15) is 5.75 Å². The average molecular weight is 296 g/mol. The zero-order valence-electron chi connectivity index (χ0n) is 11.9. The lowest BCUT2D eigenvalue weighted by molar-refractivity contribution is -0.143. The maximum absolute atomic E-state index is 11.9. The van der Waals surface area contributed by atoms with Crippen LogP contribution in [0.3, 0.4) is 0 Å². The van der Waals surface area contributed by atoms with Gasteiger partial charge in [-0.15, -0.1) is 0 Å². The quantitative estimate of drug-likeness (QED) is 0.607. The van der Waals surface area contributed by atoms with E-state index in [2.05, 4.69) is 5.32 Å². The van der Waals surface area contributed by atoms with E-state index in [1.807, 2.05) is 6.92 Å². The molecule has 0 fully saturated rings. The van der Waals surface area contributed by atoms with E-state index >= 15 is 0 Å². The number of anilines is 1. The summed E-state index contributed by atoms with van der Waals surface area (Å²) in [4.78, 5) is 24.8. The Hall–Kier alpha value is -2.12. The van der Waals surface area contributed by atoms with Crippen molar-refractivity contribution in [2.45, 2.75) is 6.92 Å². The molecule has 0 unspecified atom stereocenters. The molecule has 1 aromatic carbocycles. The molecule has 0 aromatic heterocycles. The molecule has 0 radical (unpaired) electrons. The summed E-state index contributed by atoms with van der Waals surface area (Å²) in [6, 6.07) is 6.61. The second kappa shape index (κ2) is 8.93. The van der Waals surface area contributed by atoms with E-state index in [4.69, 9.17) is 14.9 Å². The highest BCUT2D eigenvalue weighted by molar-refractivity contribution is 6.39. The third-order valence-corrected chi connectivity index (χ3v) is 2.64. The van der Waals surface area contributed by atoms with Crippen LogP contribution < -0.4 is 10.1 Å². The van der Waals surface area contributed by atoms with Gasteiger partial charge in [0.15, 0.2) is 0 Å². The Kier molecular flexibility index (Phi) is 7.20. The number of hydrogen-bond acceptors (Lipinski definition) is 5. The van der Waals surface area contributed by atoms with Crippen LogP contribution in [0.1, 0.15) is 6.92 Å². The standard InChI is InChI=1S/C14H20N2O5/c1-2-21-12-5-3-11(4-6-12)15-13(19)14(20)16(7-9-17)8-10-18/h3-6,17-18H,2,7-10H2,1H3,(H,15,19). The molecule has 2 amide bonds. The zero-order valence-corrected chi connectivity index (χ0v) is 11.9. The summed E-state index contributed by atoms with van der Waals surface area (Å²) in [5.74, 6) is -0.947. The maximum Gasteiger partial charge on any atom is 0.313 e. The first-order valence-corrected chi connectivity index (χ1v) is 6.67. The van der Waals surface area contributed by atoms with Crippen molar-refractivity contribution in [1.29, 1.82) is 0 Å². The summed E-state index contributed by atoms with van der Waals surface area (Å²) in [5.41, 5.74) is 0.463. The summed E-state index contributed by atoms with van der Waals surface area (Å²) in [7, 11) is 0. The Balaban J connectivity index is 2.63. The number of carbonyl (C=O) groups is 2. The van der Waals surface area contributed by atoms with Gasteiger partial charge < -0.3 is 25.2 Å². The van der Waals surface area contributed by atoms with E-state index in [1.165, 1.54) is 0 Å². The summed E-state index contributed by atoms with van der Waals surface area (Å²) in [6.45, 7) is 1.85. The highest BCUT2D eigenvalue weighted by Crippen LogP contribution is 2.15. The van der Waals surface area contributed by atoms with E-state index in [1.54, 1.807) is 24.3 Å². The average Bonchev–Trinajstić information content (AvgIpc) is 2.48. The summed E-state index contributed by atoms with van der Waals surface area (Å²) in [5, 5.41) is 20.1. The molecule has 0 aliphatic heterocycles. The lowest BCUT2D eigenvalue weighted by Gasteiger charge is -2.19. The predicted molar refractivity (Wildman–Crippen MR) is 77.0 cm³/mol. The highest BCUT2D eigenvalue weighted by atomic mass is 16.5. The second-order valence-electron chi connectivity index (χ2n) is 4.15. The minimum absolute atomic E-state index is 0.00388. The number of benzene rings is 1. The van der Waals surface area contributed by atoms with Crippen molar-refractivity contribution in [2.24, 2.45) is 0 Å². The van der Waals surface area contributed by atoms with E-state index < -0.39 is 11.8 Å². The molecule has 0 spiro atoms. The number of ether oxygens (including phenoxy) is 1. The minimum atomic E-state index is -0.818. The molecular weight excluding hydrogens is 276 g/mol. The van der Waals surface area contributed by atoms with Crippen LogP contribution in [0, 0.1) is 0 Å². The molecule has 1 rings (SSSR count). The van der Waals surface area contributed by atoms with Crippen molar-refractivity contribution in [3.05, 3.63) is 24.3 Å². The van der Waals surface area contributed by atoms with E-state index in [9.17, 15) is 9.59 Å². The van der Waals surface area contributed by atoms with Crippen LogP contribution >= 0.6 is 0 Å². The monoisotopic (exact) mass is 296 g/mol. The van der Waals surface area contributed by atoms with Gasteiger partial charge in [-0.3, -0.25) is 9.59 Å². The molecule has 0 saturated carbocycles. The largest absolute Gasteiger partial charge is 0.494 e. The maximum atomic E-state index is 11.9. The van der Waals surface area contributed by atoms with Gasteiger partial charge in [-0.2, -0.15) is 0 Å². The molecule has 7 heteroatoms. The molecular formula is C14H20N2O5. The molecule has 0 bridgehead atoms. The van der Waals surface area contributed by atoms with Crippen LogP contribution in [-0.4, -0.2) is 59.8 Å². The highest BCUT2D eigenvalue weighted by Gasteiger charge is 2.21. The molecule has 0 atom stereocenters. The van der Waals surface area contributed by atoms with E-state index in [0.717, 1.165) is 4.90 Å².